The number of nitrogens with one attached hydrogen (secondary N) is 1. The summed E-state index contributed by atoms with van der Waals surface area (Å²) >= 11 is 1.63. The van der Waals surface area contributed by atoms with Crippen molar-refractivity contribution in [1.29, 1.82) is 0 Å². The summed E-state index contributed by atoms with van der Waals surface area (Å²) in [5, 5.41) is 13.0. The topological polar surface area (TPSA) is 37.8 Å². The maximum Gasteiger partial charge on any atom is 0.205 e. The SMILES string of the molecule is CNc1nnc(CC(C)C)s1. The first-order valence-corrected chi connectivity index (χ1v) is 4.54. The third-order valence-corrected chi connectivity index (χ3v) is 2.23. The van der Waals surface area contributed by atoms with Crippen LogP contribution in [0.1, 0.15) is 18.9 Å². The molecule has 0 spiro atoms. The molecule has 0 amide bonds. The van der Waals surface area contributed by atoms with E-state index in [1.807, 2.05) is 7.05 Å². The summed E-state index contributed by atoms with van der Waals surface area (Å²) in [4.78, 5) is 0. The fourth-order valence-corrected chi connectivity index (χ4v) is 1.69. The van der Waals surface area contributed by atoms with Crippen LogP contribution in [-0.4, -0.2) is 17.2 Å². The molecule has 11 heavy (non-hydrogen) atoms. The molecule has 3 nitrogen and oxygen atoms in total. The van der Waals surface area contributed by atoms with Gasteiger partial charge in [0.25, 0.3) is 0 Å². The average molecular weight is 171 g/mol. The lowest BCUT2D eigenvalue weighted by atomic mass is 10.1. The summed E-state index contributed by atoms with van der Waals surface area (Å²) < 4.78 is 0. The largest absolute Gasteiger partial charge is 0.363 e. The van der Waals surface area contributed by atoms with E-state index in [1.54, 1.807) is 11.3 Å². The van der Waals surface area contributed by atoms with Crippen molar-refractivity contribution >= 4 is 16.5 Å². The van der Waals surface area contributed by atoms with Gasteiger partial charge >= 0.3 is 0 Å². The van der Waals surface area contributed by atoms with Crippen molar-refractivity contribution in [2.45, 2.75) is 20.3 Å². The van der Waals surface area contributed by atoms with Crippen molar-refractivity contribution in [2.24, 2.45) is 5.92 Å². The first-order chi connectivity index (χ1) is 5.22. The highest BCUT2D eigenvalue weighted by atomic mass is 32.1. The number of anilines is 1. The lowest BCUT2D eigenvalue weighted by Gasteiger charge is -1.96. The molecule has 0 fully saturated rings. The van der Waals surface area contributed by atoms with E-state index in [0.29, 0.717) is 5.92 Å². The van der Waals surface area contributed by atoms with Crippen LogP contribution in [0.2, 0.25) is 0 Å². The highest BCUT2D eigenvalue weighted by Crippen LogP contribution is 2.16. The second-order valence-electron chi connectivity index (χ2n) is 2.85. The quantitative estimate of drug-likeness (QED) is 0.753. The van der Waals surface area contributed by atoms with Crippen molar-refractivity contribution in [3.05, 3.63) is 5.01 Å². The number of hydrogen-bond donors (Lipinski definition) is 1. The van der Waals surface area contributed by atoms with Gasteiger partial charge < -0.3 is 5.32 Å². The van der Waals surface area contributed by atoms with Crippen LogP contribution in [0.25, 0.3) is 0 Å². The first kappa shape index (κ1) is 8.46. The van der Waals surface area contributed by atoms with E-state index in [-0.39, 0.29) is 0 Å². The van der Waals surface area contributed by atoms with Crippen LogP contribution in [0, 0.1) is 5.92 Å². The molecule has 1 heterocycles. The molecule has 0 atom stereocenters. The molecule has 0 bridgehead atoms. The molecule has 0 saturated heterocycles. The van der Waals surface area contributed by atoms with Crippen LogP contribution < -0.4 is 5.32 Å². The molecule has 1 rings (SSSR count). The lowest BCUT2D eigenvalue weighted by molar-refractivity contribution is 0.640. The van der Waals surface area contributed by atoms with Crippen LogP contribution in [-0.2, 0) is 6.42 Å². The molecule has 0 aliphatic heterocycles. The molecular weight excluding hydrogens is 158 g/mol. The minimum absolute atomic E-state index is 0.660. The maximum atomic E-state index is 4.03. The van der Waals surface area contributed by atoms with Gasteiger partial charge in [-0.15, -0.1) is 10.2 Å². The van der Waals surface area contributed by atoms with Crippen LogP contribution in [0.15, 0.2) is 0 Å². The Morgan fingerprint density at radius 1 is 1.45 bits per heavy atom. The van der Waals surface area contributed by atoms with Gasteiger partial charge in [0.1, 0.15) is 5.01 Å². The minimum atomic E-state index is 0.660. The van der Waals surface area contributed by atoms with E-state index in [9.17, 15) is 0 Å². The van der Waals surface area contributed by atoms with Crippen LogP contribution in [0.5, 0.6) is 0 Å². The van der Waals surface area contributed by atoms with E-state index < -0.39 is 0 Å². The molecule has 1 aromatic rings. The molecule has 4 heteroatoms. The number of rotatable bonds is 3. The maximum absolute atomic E-state index is 4.03. The summed E-state index contributed by atoms with van der Waals surface area (Å²) in [6.07, 6.45) is 1.03. The zero-order valence-corrected chi connectivity index (χ0v) is 7.90. The Kier molecular flexibility index (Phi) is 2.82. The van der Waals surface area contributed by atoms with E-state index in [4.69, 9.17) is 0 Å². The number of aromatic nitrogens is 2. The summed E-state index contributed by atoms with van der Waals surface area (Å²) in [5.41, 5.74) is 0. The predicted molar refractivity (Wildman–Crippen MR) is 48.0 cm³/mol. The Morgan fingerprint density at radius 2 is 2.18 bits per heavy atom. The molecule has 0 aliphatic carbocycles. The van der Waals surface area contributed by atoms with Gasteiger partial charge in [0.2, 0.25) is 5.13 Å². The molecule has 0 aromatic carbocycles. The van der Waals surface area contributed by atoms with Crippen molar-refractivity contribution in [1.82, 2.24) is 10.2 Å². The molecule has 0 aliphatic rings. The smallest absolute Gasteiger partial charge is 0.205 e. The lowest BCUT2D eigenvalue weighted by Crippen LogP contribution is -1.92. The number of nitrogens with zero attached hydrogens (tertiary/aromatic N) is 2. The molecule has 0 unspecified atom stereocenters. The highest BCUT2D eigenvalue weighted by Gasteiger charge is 2.03. The van der Waals surface area contributed by atoms with E-state index in [0.717, 1.165) is 16.6 Å². The third-order valence-electron chi connectivity index (χ3n) is 1.26. The molecular formula is C7H13N3S. The van der Waals surface area contributed by atoms with Crippen LogP contribution >= 0.6 is 11.3 Å². The van der Waals surface area contributed by atoms with Crippen molar-refractivity contribution in [3.63, 3.8) is 0 Å². The monoisotopic (exact) mass is 171 g/mol. The minimum Gasteiger partial charge on any atom is -0.363 e. The Balaban J connectivity index is 2.58. The molecule has 0 radical (unpaired) electrons. The van der Waals surface area contributed by atoms with Crippen molar-refractivity contribution in [3.8, 4) is 0 Å². The first-order valence-electron chi connectivity index (χ1n) is 3.72. The normalized spacial score (nSPS) is 10.5. The van der Waals surface area contributed by atoms with Gasteiger partial charge in [0.15, 0.2) is 0 Å². The van der Waals surface area contributed by atoms with Gasteiger partial charge in [-0.3, -0.25) is 0 Å². The standard InChI is InChI=1S/C7H13N3S/c1-5(2)4-6-9-10-7(8-3)11-6/h5H,4H2,1-3H3,(H,8,10). The molecule has 1 N–H and O–H groups in total. The van der Waals surface area contributed by atoms with Gasteiger partial charge in [-0.2, -0.15) is 0 Å². The van der Waals surface area contributed by atoms with Gasteiger partial charge in [-0.25, -0.2) is 0 Å². The van der Waals surface area contributed by atoms with Crippen molar-refractivity contribution in [2.75, 3.05) is 12.4 Å². The van der Waals surface area contributed by atoms with Gasteiger partial charge in [-0.05, 0) is 5.92 Å². The van der Waals surface area contributed by atoms with Crippen LogP contribution in [0.4, 0.5) is 5.13 Å². The second kappa shape index (κ2) is 3.67. The van der Waals surface area contributed by atoms with Gasteiger partial charge in [-0.1, -0.05) is 25.2 Å². The third kappa shape index (κ3) is 2.46. The van der Waals surface area contributed by atoms with Gasteiger partial charge in [0.05, 0.1) is 0 Å². The Labute approximate surface area is 70.9 Å². The summed E-state index contributed by atoms with van der Waals surface area (Å²) in [6, 6.07) is 0. The summed E-state index contributed by atoms with van der Waals surface area (Å²) in [6.45, 7) is 4.36. The zero-order chi connectivity index (χ0) is 8.27. The highest BCUT2D eigenvalue weighted by molar-refractivity contribution is 7.15. The Morgan fingerprint density at radius 3 is 2.64 bits per heavy atom. The second-order valence-corrected chi connectivity index (χ2v) is 3.91. The predicted octanol–water partition coefficient (Wildman–Crippen LogP) is 1.78. The average Bonchev–Trinajstić information content (AvgIpc) is 2.34. The van der Waals surface area contributed by atoms with E-state index in [2.05, 4.69) is 29.4 Å². The Hall–Kier alpha value is -0.640. The number of hydrogen-bond acceptors (Lipinski definition) is 4. The zero-order valence-electron chi connectivity index (χ0n) is 7.09. The fourth-order valence-electron chi connectivity index (χ4n) is 0.786. The molecule has 1 aromatic heterocycles. The summed E-state index contributed by atoms with van der Waals surface area (Å²) in [5.74, 6) is 0.660. The summed E-state index contributed by atoms with van der Waals surface area (Å²) in [7, 11) is 1.86. The molecule has 62 valence electrons. The molecule has 0 saturated carbocycles. The van der Waals surface area contributed by atoms with Gasteiger partial charge in [0, 0.05) is 13.5 Å². The van der Waals surface area contributed by atoms with E-state index in [1.165, 1.54) is 0 Å². The van der Waals surface area contributed by atoms with E-state index >= 15 is 0 Å². The van der Waals surface area contributed by atoms with Crippen molar-refractivity contribution < 1.29 is 0 Å². The van der Waals surface area contributed by atoms with Crippen LogP contribution in [0.3, 0.4) is 0 Å². The fraction of sp³-hybridized carbons (Fsp3) is 0.714. The Bertz CT molecular complexity index is 219.